The Kier molecular flexibility index (Phi) is 4.65. The Morgan fingerprint density at radius 2 is 2.40 bits per heavy atom. The molecule has 10 heavy (non-hydrogen) atoms. The van der Waals surface area contributed by atoms with Crippen LogP contribution in [-0.4, -0.2) is 19.1 Å². The fourth-order valence-electron chi connectivity index (χ4n) is 0.323. The third-order valence-electron chi connectivity index (χ3n) is 0.727. The number of hydrogen-bond acceptors (Lipinski definition) is 4. The van der Waals surface area contributed by atoms with Gasteiger partial charge in [0.1, 0.15) is 12.7 Å². The van der Waals surface area contributed by atoms with Crippen LogP contribution in [0.2, 0.25) is 0 Å². The molecule has 4 nitrogen and oxygen atoms in total. The van der Waals surface area contributed by atoms with E-state index in [0.717, 1.165) is 0 Å². The summed E-state index contributed by atoms with van der Waals surface area (Å²) in [6.45, 7) is 1.46. The highest BCUT2D eigenvalue weighted by Gasteiger charge is 2.07. The molecule has 0 aromatic heterocycles. The van der Waals surface area contributed by atoms with Crippen molar-refractivity contribution in [1.82, 2.24) is 0 Å². The smallest absolute Gasteiger partial charge is 0.283 e. The molecule has 0 heterocycles. The first-order valence-corrected chi connectivity index (χ1v) is 4.26. The van der Waals surface area contributed by atoms with E-state index in [2.05, 4.69) is 4.52 Å². The molecule has 0 radical (unpaired) electrons. The molecule has 0 bridgehead atoms. The Balaban J connectivity index is 3.31. The van der Waals surface area contributed by atoms with Gasteiger partial charge in [-0.3, -0.25) is 4.79 Å². The first kappa shape index (κ1) is 9.22. The minimum Gasteiger partial charge on any atom is -0.283 e. The molecule has 54 valence electrons. The monoisotopic (exact) mass is 160 g/mol. The number of hydrogen-bond donors (Lipinski definition) is 0. The lowest BCUT2D eigenvalue weighted by atomic mass is 10.3. The van der Waals surface area contributed by atoms with Gasteiger partial charge in [-0.2, -0.15) is 5.26 Å². The second-order valence-corrected chi connectivity index (χ2v) is 2.70. The molecule has 5 heteroatoms. The topological polar surface area (TPSA) is 67.2 Å². The molecule has 0 N–H and O–H groups in total. The molecule has 1 unspecified atom stereocenters. The van der Waals surface area contributed by atoms with Crippen molar-refractivity contribution in [2.45, 2.75) is 6.42 Å². The molecule has 0 saturated heterocycles. The van der Waals surface area contributed by atoms with Crippen LogP contribution in [0.5, 0.6) is 0 Å². The zero-order chi connectivity index (χ0) is 7.98. The van der Waals surface area contributed by atoms with Gasteiger partial charge in [0, 0.05) is 6.42 Å². The van der Waals surface area contributed by atoms with Gasteiger partial charge < -0.3 is 0 Å². The van der Waals surface area contributed by atoms with Crippen LogP contribution in [0.3, 0.4) is 0 Å². The van der Waals surface area contributed by atoms with Crippen LogP contribution in [0.1, 0.15) is 6.42 Å². The van der Waals surface area contributed by atoms with Crippen LogP contribution in [0.15, 0.2) is 0 Å². The Morgan fingerprint density at radius 3 is 2.80 bits per heavy atom. The molecule has 0 aliphatic carbocycles. The molecule has 0 aliphatic rings. The molecule has 0 saturated carbocycles. The standard InChI is InChI=1S/C5H7NO3P/c1-10(8)9-3-2-5(7)4-6/h2-3H2,1H3/q+1. The zero-order valence-corrected chi connectivity index (χ0v) is 6.43. The SMILES string of the molecule is C[P+](=O)OCCC(=O)C#N. The van der Waals surface area contributed by atoms with Crippen LogP contribution < -0.4 is 0 Å². The third-order valence-corrected chi connectivity index (χ3v) is 1.27. The molecule has 0 amide bonds. The number of nitrogens with zero attached hydrogens (tertiary/aromatic N) is 1. The van der Waals surface area contributed by atoms with Crippen molar-refractivity contribution in [2.75, 3.05) is 13.3 Å². The lowest BCUT2D eigenvalue weighted by Gasteiger charge is -1.83. The summed E-state index contributed by atoms with van der Waals surface area (Å²) in [5.41, 5.74) is 0. The fourth-order valence-corrected chi connectivity index (χ4v) is 0.671. The highest BCUT2D eigenvalue weighted by molar-refractivity contribution is 7.38. The van der Waals surface area contributed by atoms with E-state index < -0.39 is 13.8 Å². The lowest BCUT2D eigenvalue weighted by molar-refractivity contribution is -0.114. The van der Waals surface area contributed by atoms with Gasteiger partial charge in [-0.05, 0) is 4.57 Å². The predicted octanol–water partition coefficient (Wildman–Crippen LogP) is 0.858. The molecule has 1 atom stereocenters. The van der Waals surface area contributed by atoms with Crippen molar-refractivity contribution >= 4 is 13.8 Å². The summed E-state index contributed by atoms with van der Waals surface area (Å²) in [5.74, 6) is -0.545. The summed E-state index contributed by atoms with van der Waals surface area (Å²) in [5, 5.41) is 7.97. The van der Waals surface area contributed by atoms with E-state index in [1.165, 1.54) is 12.7 Å². The van der Waals surface area contributed by atoms with E-state index in [4.69, 9.17) is 5.26 Å². The van der Waals surface area contributed by atoms with E-state index in [1.54, 1.807) is 0 Å². The van der Waals surface area contributed by atoms with Crippen molar-refractivity contribution in [3.8, 4) is 6.07 Å². The average molecular weight is 160 g/mol. The Labute approximate surface area is 59.7 Å². The number of Topliss-reactive ketones (excluding diaryl/α,β-unsaturated/α-hetero) is 1. The van der Waals surface area contributed by atoms with E-state index in [9.17, 15) is 9.36 Å². The van der Waals surface area contributed by atoms with Gasteiger partial charge in [0.2, 0.25) is 5.78 Å². The summed E-state index contributed by atoms with van der Waals surface area (Å²) >= 11 is 0. The first-order chi connectivity index (χ1) is 4.66. The van der Waals surface area contributed by atoms with Crippen molar-refractivity contribution in [1.29, 1.82) is 5.26 Å². The van der Waals surface area contributed by atoms with Crippen LogP contribution >= 0.6 is 8.03 Å². The van der Waals surface area contributed by atoms with Crippen molar-refractivity contribution < 1.29 is 13.9 Å². The van der Waals surface area contributed by atoms with Crippen molar-refractivity contribution in [3.05, 3.63) is 0 Å². The van der Waals surface area contributed by atoms with Crippen LogP contribution in [-0.2, 0) is 13.9 Å². The quantitative estimate of drug-likeness (QED) is 0.451. The van der Waals surface area contributed by atoms with Gasteiger partial charge in [0.15, 0.2) is 6.66 Å². The van der Waals surface area contributed by atoms with Gasteiger partial charge >= 0.3 is 8.03 Å². The van der Waals surface area contributed by atoms with Gasteiger partial charge in [0.25, 0.3) is 0 Å². The number of rotatable bonds is 4. The van der Waals surface area contributed by atoms with Gasteiger partial charge in [-0.15, -0.1) is 4.52 Å². The van der Waals surface area contributed by atoms with Gasteiger partial charge in [-0.25, -0.2) is 0 Å². The highest BCUT2D eigenvalue weighted by atomic mass is 31.1. The Morgan fingerprint density at radius 1 is 1.80 bits per heavy atom. The summed E-state index contributed by atoms with van der Waals surface area (Å²) in [6.07, 6.45) is 0.0193. The van der Waals surface area contributed by atoms with E-state index in [0.29, 0.717) is 0 Å². The average Bonchev–Trinajstić information content (AvgIpc) is 1.87. The molecule has 0 aliphatic heterocycles. The minimum atomic E-state index is -1.65. The Bertz CT molecular complexity index is 184. The molecule has 0 aromatic carbocycles. The normalized spacial score (nSPS) is 10.2. The minimum absolute atomic E-state index is 0.0193. The van der Waals surface area contributed by atoms with Crippen LogP contribution in [0, 0.1) is 11.3 Å². The fraction of sp³-hybridized carbons (Fsp3) is 0.600. The summed E-state index contributed by atoms with van der Waals surface area (Å²) in [4.78, 5) is 10.3. The maximum absolute atomic E-state index is 10.3. The van der Waals surface area contributed by atoms with Crippen molar-refractivity contribution in [2.24, 2.45) is 0 Å². The maximum Gasteiger partial charge on any atom is 0.504 e. The second kappa shape index (κ2) is 5.04. The van der Waals surface area contributed by atoms with Gasteiger partial charge in [0.05, 0.1) is 0 Å². The lowest BCUT2D eigenvalue weighted by Crippen LogP contribution is -1.97. The van der Waals surface area contributed by atoms with Crippen molar-refractivity contribution in [3.63, 3.8) is 0 Å². The molecule has 0 spiro atoms. The first-order valence-electron chi connectivity index (χ1n) is 2.63. The third kappa shape index (κ3) is 5.36. The van der Waals surface area contributed by atoms with E-state index in [-0.39, 0.29) is 13.0 Å². The number of carbonyl (C=O) groups excluding carboxylic acids is 1. The van der Waals surface area contributed by atoms with E-state index in [1.807, 2.05) is 0 Å². The summed E-state index contributed by atoms with van der Waals surface area (Å²) < 4.78 is 14.8. The summed E-state index contributed by atoms with van der Waals surface area (Å²) in [6, 6.07) is 1.42. The number of nitriles is 1. The molecular weight excluding hydrogens is 153 g/mol. The molecule has 0 rings (SSSR count). The Hall–Kier alpha value is -0.780. The zero-order valence-electron chi connectivity index (χ0n) is 5.53. The number of ketones is 1. The van der Waals surface area contributed by atoms with Crippen LogP contribution in [0.4, 0.5) is 0 Å². The second-order valence-electron chi connectivity index (χ2n) is 1.56. The predicted molar refractivity (Wildman–Crippen MR) is 34.7 cm³/mol. The molecular formula is C5H7NO3P+. The van der Waals surface area contributed by atoms with Crippen LogP contribution in [0.25, 0.3) is 0 Å². The van der Waals surface area contributed by atoms with E-state index >= 15 is 0 Å². The summed E-state index contributed by atoms with van der Waals surface area (Å²) in [7, 11) is -1.65. The largest absolute Gasteiger partial charge is 0.504 e. The van der Waals surface area contributed by atoms with Gasteiger partial charge in [-0.1, -0.05) is 0 Å². The maximum atomic E-state index is 10.3. The number of carbonyl (C=O) groups is 1. The highest BCUT2D eigenvalue weighted by Crippen LogP contribution is 2.14. The molecule has 0 aromatic rings. The molecule has 0 fully saturated rings.